The monoisotopic (exact) mass is 308 g/mol. The summed E-state index contributed by atoms with van der Waals surface area (Å²) in [5.41, 5.74) is 2.47. The summed E-state index contributed by atoms with van der Waals surface area (Å²) in [6.07, 6.45) is 2.72. The van der Waals surface area contributed by atoms with Gasteiger partial charge < -0.3 is 9.88 Å². The molecule has 0 radical (unpaired) electrons. The Morgan fingerprint density at radius 2 is 2.00 bits per heavy atom. The zero-order valence-corrected chi connectivity index (χ0v) is 13.6. The van der Waals surface area contributed by atoms with E-state index in [0.29, 0.717) is 6.42 Å². The van der Waals surface area contributed by atoms with Gasteiger partial charge in [-0.3, -0.25) is 0 Å². The maximum Gasteiger partial charge on any atom is 0.150 e. The standard InChI is InChI=1S/C16H24N2O2S/c1-3-17-13-14-7-5-8-16-15(14)9-11-18(16)10-6-12-21(19,20)4-2/h5,7-9,11,17H,3-4,6,10,12-13H2,1-2H3. The third-order valence-electron chi connectivity index (χ3n) is 3.76. The normalized spacial score (nSPS) is 12.1. The highest BCUT2D eigenvalue weighted by molar-refractivity contribution is 7.91. The first-order valence-corrected chi connectivity index (χ1v) is 9.37. The first-order valence-electron chi connectivity index (χ1n) is 7.55. The minimum atomic E-state index is -2.87. The van der Waals surface area contributed by atoms with Crippen molar-refractivity contribution in [3.05, 3.63) is 36.0 Å². The van der Waals surface area contributed by atoms with Gasteiger partial charge in [0.2, 0.25) is 0 Å². The SMILES string of the molecule is CCNCc1cccc2c1ccn2CCCS(=O)(=O)CC. The Balaban J connectivity index is 2.11. The van der Waals surface area contributed by atoms with E-state index < -0.39 is 9.84 Å². The van der Waals surface area contributed by atoms with Crippen LogP contribution in [0.15, 0.2) is 30.5 Å². The number of benzene rings is 1. The third-order valence-corrected chi connectivity index (χ3v) is 5.55. The minimum absolute atomic E-state index is 0.228. The molecule has 0 amide bonds. The molecule has 2 rings (SSSR count). The maximum atomic E-state index is 11.5. The van der Waals surface area contributed by atoms with E-state index in [1.165, 1.54) is 16.5 Å². The molecule has 1 N–H and O–H groups in total. The molecule has 0 aliphatic carbocycles. The maximum absolute atomic E-state index is 11.5. The van der Waals surface area contributed by atoms with Gasteiger partial charge in [0.15, 0.2) is 0 Å². The molecule has 0 saturated heterocycles. The summed E-state index contributed by atoms with van der Waals surface area (Å²) in [5.74, 6) is 0.493. The Kier molecular flexibility index (Phi) is 5.42. The summed E-state index contributed by atoms with van der Waals surface area (Å²) in [7, 11) is -2.87. The van der Waals surface area contributed by atoms with Gasteiger partial charge in [-0.2, -0.15) is 0 Å². The van der Waals surface area contributed by atoms with Gasteiger partial charge in [-0.1, -0.05) is 26.0 Å². The molecule has 1 aromatic carbocycles. The van der Waals surface area contributed by atoms with E-state index in [2.05, 4.69) is 47.3 Å². The highest BCUT2D eigenvalue weighted by atomic mass is 32.2. The van der Waals surface area contributed by atoms with Crippen molar-refractivity contribution in [3.8, 4) is 0 Å². The van der Waals surface area contributed by atoms with Crippen molar-refractivity contribution in [1.29, 1.82) is 0 Å². The zero-order chi connectivity index (χ0) is 15.3. The van der Waals surface area contributed by atoms with E-state index in [1.807, 2.05) is 0 Å². The van der Waals surface area contributed by atoms with Crippen LogP contribution < -0.4 is 5.32 Å². The number of hydrogen-bond acceptors (Lipinski definition) is 3. The van der Waals surface area contributed by atoms with Crippen LogP contribution in [0.4, 0.5) is 0 Å². The molecule has 0 aliphatic rings. The molecule has 1 heterocycles. The number of nitrogens with one attached hydrogen (secondary N) is 1. The molecule has 0 fully saturated rings. The first kappa shape index (κ1) is 16.0. The van der Waals surface area contributed by atoms with E-state index in [-0.39, 0.29) is 11.5 Å². The fourth-order valence-corrected chi connectivity index (χ4v) is 3.35. The molecule has 116 valence electrons. The number of sulfone groups is 1. The molecule has 0 spiro atoms. The van der Waals surface area contributed by atoms with Gasteiger partial charge >= 0.3 is 0 Å². The summed E-state index contributed by atoms with van der Waals surface area (Å²) >= 11 is 0. The smallest absolute Gasteiger partial charge is 0.150 e. The second-order valence-corrected chi connectivity index (χ2v) is 7.70. The average Bonchev–Trinajstić information content (AvgIpc) is 2.89. The Morgan fingerprint density at radius 3 is 2.71 bits per heavy atom. The Bertz CT molecular complexity index is 689. The second kappa shape index (κ2) is 7.09. The number of aryl methyl sites for hydroxylation is 1. The topological polar surface area (TPSA) is 51.1 Å². The van der Waals surface area contributed by atoms with Crippen molar-refractivity contribution < 1.29 is 8.42 Å². The van der Waals surface area contributed by atoms with Gasteiger partial charge in [0.25, 0.3) is 0 Å². The Labute approximate surface area is 127 Å². The van der Waals surface area contributed by atoms with Gasteiger partial charge in [0.05, 0.1) is 5.75 Å². The van der Waals surface area contributed by atoms with E-state index in [4.69, 9.17) is 0 Å². The zero-order valence-electron chi connectivity index (χ0n) is 12.8. The number of aromatic nitrogens is 1. The van der Waals surface area contributed by atoms with Crippen LogP contribution >= 0.6 is 0 Å². The van der Waals surface area contributed by atoms with Crippen LogP contribution in [0.25, 0.3) is 10.9 Å². The lowest BCUT2D eigenvalue weighted by molar-refractivity contribution is 0.589. The van der Waals surface area contributed by atoms with E-state index in [9.17, 15) is 8.42 Å². The van der Waals surface area contributed by atoms with Gasteiger partial charge in [0.1, 0.15) is 9.84 Å². The first-order chi connectivity index (χ1) is 10.1. The summed E-state index contributed by atoms with van der Waals surface area (Å²) in [6.45, 7) is 6.36. The van der Waals surface area contributed by atoms with Crippen LogP contribution in [0, 0.1) is 0 Å². The second-order valence-electron chi connectivity index (χ2n) is 5.23. The quantitative estimate of drug-likeness (QED) is 0.815. The third kappa shape index (κ3) is 4.08. The lowest BCUT2D eigenvalue weighted by atomic mass is 10.1. The van der Waals surface area contributed by atoms with Gasteiger partial charge in [-0.25, -0.2) is 8.42 Å². The fraction of sp³-hybridized carbons (Fsp3) is 0.500. The molecular weight excluding hydrogens is 284 g/mol. The van der Waals surface area contributed by atoms with E-state index in [0.717, 1.165) is 19.6 Å². The van der Waals surface area contributed by atoms with Crippen molar-refractivity contribution >= 4 is 20.7 Å². The van der Waals surface area contributed by atoms with Crippen molar-refractivity contribution in [2.45, 2.75) is 33.4 Å². The molecule has 0 bridgehead atoms. The predicted octanol–water partition coefficient (Wildman–Crippen LogP) is 2.58. The lowest BCUT2D eigenvalue weighted by Gasteiger charge is -2.08. The van der Waals surface area contributed by atoms with Crippen LogP contribution in [-0.4, -0.2) is 31.0 Å². The number of nitrogens with zero attached hydrogens (tertiary/aromatic N) is 1. The van der Waals surface area contributed by atoms with Crippen molar-refractivity contribution in [3.63, 3.8) is 0 Å². The summed E-state index contributed by atoms with van der Waals surface area (Å²) in [6, 6.07) is 8.42. The van der Waals surface area contributed by atoms with E-state index in [1.54, 1.807) is 6.92 Å². The largest absolute Gasteiger partial charge is 0.347 e. The predicted molar refractivity (Wildman–Crippen MR) is 88.3 cm³/mol. The minimum Gasteiger partial charge on any atom is -0.347 e. The number of fused-ring (bicyclic) bond motifs is 1. The van der Waals surface area contributed by atoms with Crippen molar-refractivity contribution in [2.24, 2.45) is 0 Å². The van der Waals surface area contributed by atoms with Crippen LogP contribution in [0.2, 0.25) is 0 Å². The van der Waals surface area contributed by atoms with Gasteiger partial charge in [-0.15, -0.1) is 0 Å². The molecule has 1 aromatic heterocycles. The van der Waals surface area contributed by atoms with Crippen LogP contribution in [0.3, 0.4) is 0 Å². The molecule has 0 saturated carbocycles. The molecule has 5 heteroatoms. The molecule has 0 atom stereocenters. The molecule has 2 aromatic rings. The highest BCUT2D eigenvalue weighted by Gasteiger charge is 2.09. The number of rotatable bonds is 8. The Hall–Kier alpha value is -1.33. The van der Waals surface area contributed by atoms with Crippen LogP contribution in [0.5, 0.6) is 0 Å². The summed E-state index contributed by atoms with van der Waals surface area (Å²) < 4.78 is 25.2. The average molecular weight is 308 g/mol. The van der Waals surface area contributed by atoms with Gasteiger partial charge in [0, 0.05) is 35.9 Å². The number of hydrogen-bond donors (Lipinski definition) is 1. The van der Waals surface area contributed by atoms with Crippen molar-refractivity contribution in [2.75, 3.05) is 18.1 Å². The summed E-state index contributed by atoms with van der Waals surface area (Å²) in [4.78, 5) is 0. The highest BCUT2D eigenvalue weighted by Crippen LogP contribution is 2.20. The molecule has 0 unspecified atom stereocenters. The molecular formula is C16H24N2O2S. The summed E-state index contributed by atoms with van der Waals surface area (Å²) in [5, 5.41) is 4.60. The van der Waals surface area contributed by atoms with Crippen LogP contribution in [-0.2, 0) is 22.9 Å². The molecule has 0 aliphatic heterocycles. The fourth-order valence-electron chi connectivity index (χ4n) is 2.50. The van der Waals surface area contributed by atoms with Crippen LogP contribution in [0.1, 0.15) is 25.8 Å². The molecule has 21 heavy (non-hydrogen) atoms. The lowest BCUT2D eigenvalue weighted by Crippen LogP contribution is -2.12. The van der Waals surface area contributed by atoms with E-state index >= 15 is 0 Å². The van der Waals surface area contributed by atoms with Gasteiger partial charge in [-0.05, 0) is 30.7 Å². The Morgan fingerprint density at radius 1 is 1.19 bits per heavy atom. The molecule has 4 nitrogen and oxygen atoms in total. The van der Waals surface area contributed by atoms with Crippen molar-refractivity contribution in [1.82, 2.24) is 9.88 Å².